The Morgan fingerprint density at radius 3 is 3.11 bits per heavy atom. The van der Waals surface area contributed by atoms with Gasteiger partial charge in [-0.05, 0) is 6.42 Å². The molecular formula is C6H10N2O. The minimum Gasteiger partial charge on any atom is -0.388 e. The van der Waals surface area contributed by atoms with E-state index in [0.717, 1.165) is 12.0 Å². The molecule has 1 atom stereocenters. The van der Waals surface area contributed by atoms with E-state index in [1.165, 1.54) is 0 Å². The lowest BCUT2D eigenvalue weighted by Crippen LogP contribution is -1.91. The lowest BCUT2D eigenvalue weighted by molar-refractivity contribution is 0.174. The Hall–Kier alpha value is -0.830. The molecule has 0 saturated carbocycles. The Bertz CT molecular complexity index is 160. The van der Waals surface area contributed by atoms with Crippen LogP contribution < -0.4 is 0 Å². The van der Waals surface area contributed by atoms with E-state index in [9.17, 15) is 0 Å². The second-order valence-electron chi connectivity index (χ2n) is 1.96. The third-order valence-electron chi connectivity index (χ3n) is 1.29. The molecule has 0 aromatic carbocycles. The number of aliphatic hydroxyl groups is 1. The summed E-state index contributed by atoms with van der Waals surface area (Å²) in [7, 11) is 0. The molecule has 0 aliphatic heterocycles. The van der Waals surface area contributed by atoms with Crippen molar-refractivity contribution in [3.05, 3.63) is 18.0 Å². The van der Waals surface area contributed by atoms with Gasteiger partial charge in [-0.3, -0.25) is 5.10 Å². The first kappa shape index (κ1) is 6.29. The lowest BCUT2D eigenvalue weighted by Gasteiger charge is -2.00. The number of aromatic amines is 1. The Morgan fingerprint density at radius 1 is 1.89 bits per heavy atom. The van der Waals surface area contributed by atoms with Gasteiger partial charge in [0.25, 0.3) is 0 Å². The second-order valence-corrected chi connectivity index (χ2v) is 1.96. The van der Waals surface area contributed by atoms with Gasteiger partial charge < -0.3 is 5.11 Å². The molecule has 9 heavy (non-hydrogen) atoms. The van der Waals surface area contributed by atoms with E-state index in [0.29, 0.717) is 0 Å². The van der Waals surface area contributed by atoms with E-state index >= 15 is 0 Å². The number of hydrogen-bond donors (Lipinski definition) is 2. The fourth-order valence-electron chi connectivity index (χ4n) is 0.679. The molecule has 2 N–H and O–H groups in total. The van der Waals surface area contributed by atoms with Crippen molar-refractivity contribution in [2.75, 3.05) is 0 Å². The molecule has 0 aliphatic carbocycles. The van der Waals surface area contributed by atoms with Gasteiger partial charge in [-0.25, -0.2) is 0 Å². The van der Waals surface area contributed by atoms with E-state index < -0.39 is 0 Å². The molecule has 1 heterocycles. The molecule has 0 saturated heterocycles. The summed E-state index contributed by atoms with van der Waals surface area (Å²) in [5.41, 5.74) is 0.859. The van der Waals surface area contributed by atoms with E-state index in [4.69, 9.17) is 5.11 Å². The minimum atomic E-state index is -0.358. The predicted molar refractivity (Wildman–Crippen MR) is 33.8 cm³/mol. The highest BCUT2D eigenvalue weighted by Gasteiger charge is 2.03. The summed E-state index contributed by atoms with van der Waals surface area (Å²) in [6.45, 7) is 1.93. The van der Waals surface area contributed by atoms with Gasteiger partial charge in [-0.1, -0.05) is 6.92 Å². The fraction of sp³-hybridized carbons (Fsp3) is 0.500. The highest BCUT2D eigenvalue weighted by atomic mass is 16.3. The maximum Gasteiger partial charge on any atom is 0.0817 e. The van der Waals surface area contributed by atoms with Gasteiger partial charge in [0.15, 0.2) is 0 Å². The number of nitrogens with one attached hydrogen (secondary N) is 1. The molecule has 0 bridgehead atoms. The lowest BCUT2D eigenvalue weighted by atomic mass is 10.2. The normalized spacial score (nSPS) is 13.6. The zero-order valence-corrected chi connectivity index (χ0v) is 5.33. The Morgan fingerprint density at radius 2 is 2.67 bits per heavy atom. The van der Waals surface area contributed by atoms with Crippen LogP contribution in [0.4, 0.5) is 0 Å². The van der Waals surface area contributed by atoms with Crippen LogP contribution in [-0.4, -0.2) is 15.3 Å². The third kappa shape index (κ3) is 1.29. The fourth-order valence-corrected chi connectivity index (χ4v) is 0.679. The smallest absolute Gasteiger partial charge is 0.0817 e. The van der Waals surface area contributed by atoms with Crippen LogP contribution in [0.5, 0.6) is 0 Å². The second kappa shape index (κ2) is 2.64. The van der Waals surface area contributed by atoms with Crippen LogP contribution in [0.15, 0.2) is 12.4 Å². The highest BCUT2D eigenvalue weighted by Crippen LogP contribution is 2.12. The van der Waals surface area contributed by atoms with Crippen LogP contribution >= 0.6 is 0 Å². The zero-order chi connectivity index (χ0) is 6.69. The third-order valence-corrected chi connectivity index (χ3v) is 1.29. The Kier molecular flexibility index (Phi) is 1.85. The average Bonchev–Trinajstić information content (AvgIpc) is 2.37. The standard InChI is InChI=1S/C6H10N2O/c1-2-6(9)5-3-7-8-4-5/h3-4,6,9H,2H2,1H3,(H,7,8). The van der Waals surface area contributed by atoms with Crippen molar-refractivity contribution in [1.82, 2.24) is 10.2 Å². The molecular weight excluding hydrogens is 116 g/mol. The summed E-state index contributed by atoms with van der Waals surface area (Å²) in [6.07, 6.45) is 3.71. The van der Waals surface area contributed by atoms with Gasteiger partial charge in [0.1, 0.15) is 0 Å². The molecule has 0 spiro atoms. The van der Waals surface area contributed by atoms with Gasteiger partial charge >= 0.3 is 0 Å². The van der Waals surface area contributed by atoms with Gasteiger partial charge in [-0.15, -0.1) is 0 Å². The van der Waals surface area contributed by atoms with Crippen molar-refractivity contribution in [1.29, 1.82) is 0 Å². The number of rotatable bonds is 2. The molecule has 1 aromatic heterocycles. The maximum absolute atomic E-state index is 9.16. The molecule has 1 aromatic rings. The first-order chi connectivity index (χ1) is 4.34. The van der Waals surface area contributed by atoms with Crippen molar-refractivity contribution in [2.45, 2.75) is 19.4 Å². The number of hydrogen-bond acceptors (Lipinski definition) is 2. The minimum absolute atomic E-state index is 0.358. The van der Waals surface area contributed by atoms with Crippen molar-refractivity contribution in [3.8, 4) is 0 Å². The quantitative estimate of drug-likeness (QED) is 0.617. The number of aromatic nitrogens is 2. The molecule has 1 rings (SSSR count). The molecule has 0 aliphatic rings. The average molecular weight is 126 g/mol. The van der Waals surface area contributed by atoms with Gasteiger partial charge in [-0.2, -0.15) is 5.10 Å². The van der Waals surface area contributed by atoms with E-state index in [-0.39, 0.29) is 6.10 Å². The summed E-state index contributed by atoms with van der Waals surface area (Å²) in [5.74, 6) is 0. The molecule has 3 heteroatoms. The monoisotopic (exact) mass is 126 g/mol. The topological polar surface area (TPSA) is 48.9 Å². The van der Waals surface area contributed by atoms with Gasteiger partial charge in [0, 0.05) is 11.8 Å². The maximum atomic E-state index is 9.16. The van der Waals surface area contributed by atoms with Gasteiger partial charge in [0.05, 0.1) is 12.3 Å². The largest absolute Gasteiger partial charge is 0.388 e. The molecule has 0 fully saturated rings. The number of aliphatic hydroxyl groups excluding tert-OH is 1. The number of H-pyrrole nitrogens is 1. The summed E-state index contributed by atoms with van der Waals surface area (Å²) < 4.78 is 0. The van der Waals surface area contributed by atoms with Crippen molar-refractivity contribution < 1.29 is 5.11 Å². The van der Waals surface area contributed by atoms with E-state index in [1.54, 1.807) is 12.4 Å². The van der Waals surface area contributed by atoms with Crippen LogP contribution in [-0.2, 0) is 0 Å². The van der Waals surface area contributed by atoms with Crippen molar-refractivity contribution >= 4 is 0 Å². The number of nitrogens with zero attached hydrogens (tertiary/aromatic N) is 1. The molecule has 50 valence electrons. The summed E-state index contributed by atoms with van der Waals surface area (Å²) >= 11 is 0. The summed E-state index contributed by atoms with van der Waals surface area (Å²) in [6, 6.07) is 0. The van der Waals surface area contributed by atoms with Crippen LogP contribution in [0.25, 0.3) is 0 Å². The molecule has 0 amide bonds. The summed E-state index contributed by atoms with van der Waals surface area (Å²) in [5, 5.41) is 15.5. The van der Waals surface area contributed by atoms with Crippen LogP contribution in [0.1, 0.15) is 25.0 Å². The van der Waals surface area contributed by atoms with Gasteiger partial charge in [0.2, 0.25) is 0 Å². The van der Waals surface area contributed by atoms with E-state index in [2.05, 4.69) is 10.2 Å². The SMILES string of the molecule is CCC(O)c1cn[nH]c1. The first-order valence-electron chi connectivity index (χ1n) is 3.01. The Labute approximate surface area is 53.7 Å². The Balaban J connectivity index is 2.65. The van der Waals surface area contributed by atoms with Crippen molar-refractivity contribution in [3.63, 3.8) is 0 Å². The molecule has 3 nitrogen and oxygen atoms in total. The van der Waals surface area contributed by atoms with Crippen LogP contribution in [0.3, 0.4) is 0 Å². The zero-order valence-electron chi connectivity index (χ0n) is 5.33. The highest BCUT2D eigenvalue weighted by molar-refractivity contribution is 5.05. The first-order valence-corrected chi connectivity index (χ1v) is 3.01. The molecule has 1 unspecified atom stereocenters. The van der Waals surface area contributed by atoms with Crippen LogP contribution in [0.2, 0.25) is 0 Å². The molecule has 0 radical (unpaired) electrons. The van der Waals surface area contributed by atoms with E-state index in [1.807, 2.05) is 6.92 Å². The summed E-state index contributed by atoms with van der Waals surface area (Å²) in [4.78, 5) is 0. The predicted octanol–water partition coefficient (Wildman–Crippen LogP) is 0.853. The van der Waals surface area contributed by atoms with Crippen LogP contribution in [0, 0.1) is 0 Å². The van der Waals surface area contributed by atoms with Crippen molar-refractivity contribution in [2.24, 2.45) is 0 Å².